The van der Waals surface area contributed by atoms with Gasteiger partial charge < -0.3 is 10.5 Å². The van der Waals surface area contributed by atoms with Crippen LogP contribution in [0.5, 0.6) is 0 Å². The number of hydrogen-bond acceptors (Lipinski definition) is 2. The largest absolute Gasteiger partial charge is 0.374 e. The summed E-state index contributed by atoms with van der Waals surface area (Å²) in [6.07, 6.45) is 9.78. The van der Waals surface area contributed by atoms with E-state index >= 15 is 0 Å². The average molecular weight is 239 g/mol. The van der Waals surface area contributed by atoms with Crippen LogP contribution in [0.25, 0.3) is 0 Å². The Labute approximate surface area is 106 Å². The summed E-state index contributed by atoms with van der Waals surface area (Å²) < 4.78 is 6.43. The molecule has 2 nitrogen and oxygen atoms in total. The van der Waals surface area contributed by atoms with Crippen LogP contribution in [0, 0.1) is 11.3 Å². The van der Waals surface area contributed by atoms with Gasteiger partial charge in [0.1, 0.15) is 0 Å². The van der Waals surface area contributed by atoms with E-state index in [9.17, 15) is 0 Å². The first-order valence-electron chi connectivity index (χ1n) is 7.52. The van der Waals surface area contributed by atoms with Crippen LogP contribution in [-0.4, -0.2) is 18.2 Å². The lowest BCUT2D eigenvalue weighted by Crippen LogP contribution is -2.61. The summed E-state index contributed by atoms with van der Waals surface area (Å²) in [6.45, 7) is 6.85. The molecule has 17 heavy (non-hydrogen) atoms. The van der Waals surface area contributed by atoms with E-state index in [0.29, 0.717) is 18.2 Å². The van der Waals surface area contributed by atoms with Crippen LogP contribution < -0.4 is 5.73 Å². The van der Waals surface area contributed by atoms with Gasteiger partial charge in [-0.1, -0.05) is 40.0 Å². The van der Waals surface area contributed by atoms with E-state index < -0.39 is 0 Å². The van der Waals surface area contributed by atoms with Crippen LogP contribution in [0.15, 0.2) is 0 Å². The van der Waals surface area contributed by atoms with Crippen molar-refractivity contribution in [3.8, 4) is 0 Å². The first kappa shape index (κ1) is 13.4. The summed E-state index contributed by atoms with van der Waals surface area (Å²) in [5.74, 6) is 0.793. The summed E-state index contributed by atoms with van der Waals surface area (Å²) in [4.78, 5) is 0. The molecule has 0 saturated heterocycles. The summed E-state index contributed by atoms with van der Waals surface area (Å²) in [5.41, 5.74) is 6.38. The van der Waals surface area contributed by atoms with Crippen LogP contribution in [0.2, 0.25) is 0 Å². The molecule has 0 aromatic heterocycles. The lowest BCUT2D eigenvalue weighted by atomic mass is 9.62. The molecule has 0 spiro atoms. The number of rotatable bonds is 4. The molecule has 0 heterocycles. The van der Waals surface area contributed by atoms with Gasteiger partial charge >= 0.3 is 0 Å². The fourth-order valence-corrected chi connectivity index (χ4v) is 3.58. The van der Waals surface area contributed by atoms with Crippen molar-refractivity contribution in [1.29, 1.82) is 0 Å². The zero-order valence-electron chi connectivity index (χ0n) is 11.7. The highest BCUT2D eigenvalue weighted by molar-refractivity contribution is 5.03. The lowest BCUT2D eigenvalue weighted by Gasteiger charge is -2.53. The van der Waals surface area contributed by atoms with E-state index in [0.717, 1.165) is 18.8 Å². The molecule has 5 unspecified atom stereocenters. The third-order valence-electron chi connectivity index (χ3n) is 5.52. The maximum Gasteiger partial charge on any atom is 0.0662 e. The van der Waals surface area contributed by atoms with Gasteiger partial charge in [0.15, 0.2) is 0 Å². The molecule has 2 N–H and O–H groups in total. The van der Waals surface area contributed by atoms with Crippen molar-refractivity contribution in [1.82, 2.24) is 0 Å². The Morgan fingerprint density at radius 1 is 1.24 bits per heavy atom. The van der Waals surface area contributed by atoms with Gasteiger partial charge in [0.2, 0.25) is 0 Å². The van der Waals surface area contributed by atoms with Gasteiger partial charge in [-0.15, -0.1) is 0 Å². The molecule has 0 aromatic rings. The Balaban J connectivity index is 1.92. The molecular weight excluding hydrogens is 210 g/mol. The maximum absolute atomic E-state index is 6.43. The van der Waals surface area contributed by atoms with E-state index in [2.05, 4.69) is 20.8 Å². The molecule has 2 aliphatic carbocycles. The molecule has 2 heteroatoms. The van der Waals surface area contributed by atoms with Crippen molar-refractivity contribution in [2.24, 2.45) is 17.1 Å². The van der Waals surface area contributed by atoms with Gasteiger partial charge in [-0.2, -0.15) is 0 Å². The molecule has 2 saturated carbocycles. The quantitative estimate of drug-likeness (QED) is 0.815. The molecule has 0 aromatic carbocycles. The van der Waals surface area contributed by atoms with Crippen molar-refractivity contribution in [2.75, 3.05) is 0 Å². The monoisotopic (exact) mass is 239 g/mol. The highest BCUT2D eigenvalue weighted by Crippen LogP contribution is 2.46. The van der Waals surface area contributed by atoms with Crippen molar-refractivity contribution in [3.63, 3.8) is 0 Å². The molecule has 2 rings (SSSR count). The van der Waals surface area contributed by atoms with E-state index in [1.165, 1.54) is 32.1 Å². The van der Waals surface area contributed by atoms with Crippen molar-refractivity contribution < 1.29 is 4.74 Å². The minimum Gasteiger partial charge on any atom is -0.374 e. The molecule has 0 bridgehead atoms. The zero-order chi connectivity index (χ0) is 12.5. The topological polar surface area (TPSA) is 35.2 Å². The van der Waals surface area contributed by atoms with E-state index in [1.807, 2.05) is 0 Å². The van der Waals surface area contributed by atoms with Gasteiger partial charge in [-0.3, -0.25) is 0 Å². The Kier molecular flexibility index (Phi) is 4.14. The zero-order valence-corrected chi connectivity index (χ0v) is 11.7. The summed E-state index contributed by atoms with van der Waals surface area (Å²) in [6, 6.07) is 0.348. The second kappa shape index (κ2) is 5.27. The summed E-state index contributed by atoms with van der Waals surface area (Å²) >= 11 is 0. The summed E-state index contributed by atoms with van der Waals surface area (Å²) in [5, 5.41) is 0. The first-order chi connectivity index (χ1) is 8.11. The van der Waals surface area contributed by atoms with Gasteiger partial charge in [0, 0.05) is 11.5 Å². The van der Waals surface area contributed by atoms with E-state index in [-0.39, 0.29) is 5.41 Å². The molecule has 2 aliphatic rings. The van der Waals surface area contributed by atoms with Crippen LogP contribution >= 0.6 is 0 Å². The second-order valence-electron chi connectivity index (χ2n) is 6.32. The Hall–Kier alpha value is -0.0800. The molecule has 2 fully saturated rings. The molecule has 0 aliphatic heterocycles. The van der Waals surface area contributed by atoms with Gasteiger partial charge in [-0.05, 0) is 31.6 Å². The van der Waals surface area contributed by atoms with Crippen molar-refractivity contribution in [3.05, 3.63) is 0 Å². The van der Waals surface area contributed by atoms with E-state index in [1.54, 1.807) is 0 Å². The van der Waals surface area contributed by atoms with Crippen LogP contribution in [0.4, 0.5) is 0 Å². The first-order valence-corrected chi connectivity index (χ1v) is 7.52. The fraction of sp³-hybridized carbons (Fsp3) is 1.00. The van der Waals surface area contributed by atoms with Gasteiger partial charge in [0.25, 0.3) is 0 Å². The predicted molar refractivity (Wildman–Crippen MR) is 71.9 cm³/mol. The predicted octanol–water partition coefficient (Wildman–Crippen LogP) is 3.49. The third-order valence-corrected chi connectivity index (χ3v) is 5.52. The molecule has 5 atom stereocenters. The maximum atomic E-state index is 6.43. The number of ether oxygens (including phenoxy) is 1. The highest BCUT2D eigenvalue weighted by atomic mass is 16.5. The van der Waals surface area contributed by atoms with Crippen molar-refractivity contribution >= 4 is 0 Å². The van der Waals surface area contributed by atoms with Crippen LogP contribution in [0.3, 0.4) is 0 Å². The third kappa shape index (κ3) is 2.39. The minimum atomic E-state index is 0.232. The normalized spacial score (nSPS) is 46.6. The Morgan fingerprint density at radius 2 is 1.94 bits per heavy atom. The number of nitrogens with two attached hydrogens (primary N) is 1. The number of hydrogen-bond donors (Lipinski definition) is 1. The lowest BCUT2D eigenvalue weighted by molar-refractivity contribution is -0.168. The van der Waals surface area contributed by atoms with Gasteiger partial charge in [0.05, 0.1) is 12.2 Å². The van der Waals surface area contributed by atoms with Crippen molar-refractivity contribution in [2.45, 2.75) is 84.0 Å². The Morgan fingerprint density at radius 3 is 2.53 bits per heavy atom. The molecular formula is C15H29NO. The minimum absolute atomic E-state index is 0.232. The standard InChI is InChI=1S/C15H29NO/c1-4-11-8-6-7-9-12(11)17-14-10-13(16)15(14,3)5-2/h11-14H,4-10,16H2,1-3H3. The van der Waals surface area contributed by atoms with E-state index in [4.69, 9.17) is 10.5 Å². The van der Waals surface area contributed by atoms with Crippen LogP contribution in [-0.2, 0) is 4.74 Å². The molecule has 0 amide bonds. The summed E-state index contributed by atoms with van der Waals surface area (Å²) in [7, 11) is 0. The second-order valence-corrected chi connectivity index (χ2v) is 6.32. The molecule has 0 radical (unpaired) electrons. The van der Waals surface area contributed by atoms with Gasteiger partial charge in [-0.25, -0.2) is 0 Å². The average Bonchev–Trinajstić information content (AvgIpc) is 2.37. The fourth-order valence-electron chi connectivity index (χ4n) is 3.58. The Bertz CT molecular complexity index is 253. The SMILES string of the molecule is CCC1CCCCC1OC1CC(N)C1(C)CC. The molecule has 100 valence electrons. The van der Waals surface area contributed by atoms with Crippen LogP contribution in [0.1, 0.15) is 65.7 Å². The highest BCUT2D eigenvalue weighted by Gasteiger charge is 2.50. The smallest absolute Gasteiger partial charge is 0.0662 e.